The lowest BCUT2D eigenvalue weighted by Gasteiger charge is -2.32. The Morgan fingerprint density at radius 1 is 0.939 bits per heavy atom. The van der Waals surface area contributed by atoms with Crippen molar-refractivity contribution in [1.29, 1.82) is 0 Å². The SMILES string of the molecule is Cc1cccc(COc2ccc(C3CC(=O)N(c4cccc(C)c4)C4=C3C(=O)OC4)cc2)c1. The summed E-state index contributed by atoms with van der Waals surface area (Å²) in [6, 6.07) is 23.6. The van der Waals surface area contributed by atoms with E-state index in [0.717, 1.165) is 28.1 Å². The maximum atomic E-state index is 13.2. The van der Waals surface area contributed by atoms with E-state index < -0.39 is 0 Å². The normalized spacial score (nSPS) is 17.8. The van der Waals surface area contributed by atoms with Crippen molar-refractivity contribution < 1.29 is 19.1 Å². The van der Waals surface area contributed by atoms with Crippen LogP contribution in [-0.2, 0) is 20.9 Å². The molecule has 0 N–H and O–H groups in total. The summed E-state index contributed by atoms with van der Waals surface area (Å²) in [6.07, 6.45) is 0.214. The number of ether oxygens (including phenoxy) is 2. The standard InChI is InChI=1S/C28H25NO4/c1-18-5-3-7-20(13-18)16-32-23-11-9-21(10-12-23)24-15-26(30)29(22-8-4-6-19(2)14-22)25-17-33-28(31)27(24)25/h3-14,24H,15-17H2,1-2H3. The Labute approximate surface area is 193 Å². The Kier molecular flexibility index (Phi) is 5.47. The number of nitrogens with zero attached hydrogens (tertiary/aromatic N) is 1. The van der Waals surface area contributed by atoms with Crippen LogP contribution in [0.25, 0.3) is 0 Å². The van der Waals surface area contributed by atoms with E-state index in [4.69, 9.17) is 9.47 Å². The first-order valence-electron chi connectivity index (χ1n) is 11.1. The van der Waals surface area contributed by atoms with Crippen LogP contribution in [0.2, 0.25) is 0 Å². The second-order valence-corrected chi connectivity index (χ2v) is 8.61. The minimum absolute atomic E-state index is 0.0394. The number of aryl methyl sites for hydroxylation is 2. The summed E-state index contributed by atoms with van der Waals surface area (Å²) in [5, 5.41) is 0. The highest BCUT2D eigenvalue weighted by molar-refractivity contribution is 6.06. The van der Waals surface area contributed by atoms with Crippen molar-refractivity contribution in [2.24, 2.45) is 0 Å². The van der Waals surface area contributed by atoms with Crippen molar-refractivity contribution >= 4 is 17.6 Å². The molecule has 2 aliphatic rings. The van der Waals surface area contributed by atoms with Crippen LogP contribution in [0, 0.1) is 13.8 Å². The molecular formula is C28H25NO4. The summed E-state index contributed by atoms with van der Waals surface area (Å²) in [5.74, 6) is 0.0312. The number of amides is 1. The number of hydrogen-bond donors (Lipinski definition) is 0. The van der Waals surface area contributed by atoms with Gasteiger partial charge >= 0.3 is 5.97 Å². The number of carbonyl (C=O) groups excluding carboxylic acids is 2. The third kappa shape index (κ3) is 4.14. The highest BCUT2D eigenvalue weighted by atomic mass is 16.5. The smallest absolute Gasteiger partial charge is 0.336 e. The molecule has 5 rings (SSSR count). The van der Waals surface area contributed by atoms with E-state index >= 15 is 0 Å². The van der Waals surface area contributed by atoms with Gasteiger partial charge in [-0.05, 0) is 54.8 Å². The first-order valence-corrected chi connectivity index (χ1v) is 11.1. The lowest BCUT2D eigenvalue weighted by Crippen LogP contribution is -2.37. The second-order valence-electron chi connectivity index (χ2n) is 8.61. The van der Waals surface area contributed by atoms with E-state index in [2.05, 4.69) is 19.1 Å². The minimum Gasteiger partial charge on any atom is -0.489 e. The molecule has 0 fully saturated rings. The van der Waals surface area contributed by atoms with E-state index in [-0.39, 0.29) is 30.8 Å². The van der Waals surface area contributed by atoms with E-state index in [1.54, 1.807) is 4.90 Å². The largest absolute Gasteiger partial charge is 0.489 e. The summed E-state index contributed by atoms with van der Waals surface area (Å²) in [7, 11) is 0. The minimum atomic E-state index is -0.347. The predicted molar refractivity (Wildman–Crippen MR) is 126 cm³/mol. The number of anilines is 1. The monoisotopic (exact) mass is 439 g/mol. The number of carbonyl (C=O) groups is 2. The van der Waals surface area contributed by atoms with Gasteiger partial charge in [-0.3, -0.25) is 9.69 Å². The average molecular weight is 440 g/mol. The number of hydrogen-bond acceptors (Lipinski definition) is 4. The maximum Gasteiger partial charge on any atom is 0.336 e. The molecule has 0 radical (unpaired) electrons. The molecule has 0 bridgehead atoms. The third-order valence-electron chi connectivity index (χ3n) is 6.15. The molecule has 3 aromatic carbocycles. The number of benzene rings is 3. The molecule has 1 unspecified atom stereocenters. The first-order chi connectivity index (χ1) is 16.0. The van der Waals surface area contributed by atoms with Gasteiger partial charge in [0.1, 0.15) is 19.0 Å². The zero-order chi connectivity index (χ0) is 22.9. The van der Waals surface area contributed by atoms with E-state index in [0.29, 0.717) is 17.9 Å². The lowest BCUT2D eigenvalue weighted by atomic mass is 9.84. The average Bonchev–Trinajstić information content (AvgIpc) is 3.19. The van der Waals surface area contributed by atoms with Gasteiger partial charge in [-0.2, -0.15) is 0 Å². The van der Waals surface area contributed by atoms with Crippen molar-refractivity contribution in [3.8, 4) is 5.75 Å². The molecule has 5 nitrogen and oxygen atoms in total. The highest BCUT2D eigenvalue weighted by Crippen LogP contribution is 2.42. The van der Waals surface area contributed by atoms with E-state index in [1.165, 1.54) is 5.56 Å². The van der Waals surface area contributed by atoms with Crippen molar-refractivity contribution in [3.63, 3.8) is 0 Å². The molecule has 0 saturated heterocycles. The fraction of sp³-hybridized carbons (Fsp3) is 0.214. The molecule has 0 spiro atoms. The van der Waals surface area contributed by atoms with Crippen molar-refractivity contribution in [1.82, 2.24) is 0 Å². The Bertz CT molecular complexity index is 1260. The zero-order valence-electron chi connectivity index (χ0n) is 18.7. The fourth-order valence-electron chi connectivity index (χ4n) is 4.57. The summed E-state index contributed by atoms with van der Waals surface area (Å²) >= 11 is 0. The van der Waals surface area contributed by atoms with Gasteiger partial charge in [-0.1, -0.05) is 54.1 Å². The predicted octanol–water partition coefficient (Wildman–Crippen LogP) is 5.21. The van der Waals surface area contributed by atoms with Crippen molar-refractivity contribution in [2.75, 3.05) is 11.5 Å². The second kappa shape index (κ2) is 8.58. The van der Waals surface area contributed by atoms with Crippen LogP contribution in [-0.4, -0.2) is 18.5 Å². The molecule has 0 saturated carbocycles. The molecule has 0 aliphatic carbocycles. The van der Waals surface area contributed by atoms with Gasteiger partial charge in [-0.15, -0.1) is 0 Å². The third-order valence-corrected chi connectivity index (χ3v) is 6.15. The highest BCUT2D eigenvalue weighted by Gasteiger charge is 2.42. The zero-order valence-corrected chi connectivity index (χ0v) is 18.7. The Hall–Kier alpha value is -3.86. The maximum absolute atomic E-state index is 13.2. The van der Waals surface area contributed by atoms with Gasteiger partial charge in [0, 0.05) is 18.0 Å². The van der Waals surface area contributed by atoms with E-state index in [1.807, 2.05) is 67.6 Å². The summed E-state index contributed by atoms with van der Waals surface area (Å²) in [6.45, 7) is 4.63. The topological polar surface area (TPSA) is 55.8 Å². The molecule has 2 heterocycles. The Morgan fingerprint density at radius 2 is 1.67 bits per heavy atom. The molecule has 1 amide bonds. The van der Waals surface area contributed by atoms with Gasteiger partial charge in [0.25, 0.3) is 0 Å². The molecular weight excluding hydrogens is 414 g/mol. The molecule has 166 valence electrons. The van der Waals surface area contributed by atoms with Gasteiger partial charge in [-0.25, -0.2) is 4.79 Å². The van der Waals surface area contributed by atoms with Crippen LogP contribution in [0.4, 0.5) is 5.69 Å². The Balaban J connectivity index is 1.40. The van der Waals surface area contributed by atoms with Crippen LogP contribution in [0.3, 0.4) is 0 Å². The fourth-order valence-corrected chi connectivity index (χ4v) is 4.57. The summed E-state index contributed by atoms with van der Waals surface area (Å²) < 4.78 is 11.3. The molecule has 2 aliphatic heterocycles. The molecule has 0 aromatic heterocycles. The van der Waals surface area contributed by atoms with Gasteiger partial charge < -0.3 is 9.47 Å². The van der Waals surface area contributed by atoms with Crippen LogP contribution in [0.15, 0.2) is 84.1 Å². The molecule has 33 heavy (non-hydrogen) atoms. The summed E-state index contributed by atoms with van der Waals surface area (Å²) in [5.41, 5.74) is 6.25. The van der Waals surface area contributed by atoms with Crippen molar-refractivity contribution in [3.05, 3.63) is 106 Å². The number of cyclic esters (lactones) is 1. The number of esters is 1. The first kappa shape index (κ1) is 21.0. The molecule has 3 aromatic rings. The van der Waals surface area contributed by atoms with Crippen LogP contribution >= 0.6 is 0 Å². The van der Waals surface area contributed by atoms with Gasteiger partial charge in [0.2, 0.25) is 5.91 Å². The van der Waals surface area contributed by atoms with Gasteiger partial charge in [0.15, 0.2) is 0 Å². The van der Waals surface area contributed by atoms with E-state index in [9.17, 15) is 9.59 Å². The Morgan fingerprint density at radius 3 is 2.39 bits per heavy atom. The quantitative estimate of drug-likeness (QED) is 0.512. The van der Waals surface area contributed by atoms with Crippen LogP contribution in [0.5, 0.6) is 5.75 Å². The lowest BCUT2D eigenvalue weighted by molar-refractivity contribution is -0.136. The van der Waals surface area contributed by atoms with Gasteiger partial charge in [0.05, 0.1) is 11.3 Å². The molecule has 1 atom stereocenters. The van der Waals surface area contributed by atoms with Crippen LogP contribution in [0.1, 0.15) is 34.6 Å². The van der Waals surface area contributed by atoms with Crippen LogP contribution < -0.4 is 9.64 Å². The van der Waals surface area contributed by atoms with Crippen molar-refractivity contribution in [2.45, 2.75) is 32.8 Å². The summed E-state index contributed by atoms with van der Waals surface area (Å²) in [4.78, 5) is 27.5. The number of rotatable bonds is 5. The molecule has 5 heteroatoms.